The highest BCUT2D eigenvalue weighted by Crippen LogP contribution is 2.31. The lowest BCUT2D eigenvalue weighted by Crippen LogP contribution is -2.65. The fourth-order valence-corrected chi connectivity index (χ4v) is 6.52. The Kier molecular flexibility index (Phi) is 6.72. The van der Waals surface area contributed by atoms with Crippen molar-refractivity contribution in [2.75, 3.05) is 19.8 Å². The molecule has 0 saturated heterocycles. The Morgan fingerprint density at radius 1 is 1.12 bits per heavy atom. The molecule has 0 aliphatic heterocycles. The molecule has 0 aromatic rings. The van der Waals surface area contributed by atoms with Gasteiger partial charge in [-0.3, -0.25) is 0 Å². The summed E-state index contributed by atoms with van der Waals surface area (Å²) in [5.41, 5.74) is 0. The van der Waals surface area contributed by atoms with E-state index in [0.29, 0.717) is 19.8 Å². The summed E-state index contributed by atoms with van der Waals surface area (Å²) in [6, 6.07) is 0. The minimum Gasteiger partial charge on any atom is -0.373 e. The van der Waals surface area contributed by atoms with Crippen LogP contribution in [0.5, 0.6) is 0 Å². The first kappa shape index (κ1) is 17.4. The highest BCUT2D eigenvalue weighted by atomic mass is 32.8. The van der Waals surface area contributed by atoms with Crippen molar-refractivity contribution in [1.29, 1.82) is 0 Å². The molecule has 0 heterocycles. The van der Waals surface area contributed by atoms with Crippen LogP contribution in [0.1, 0.15) is 34.6 Å². The minimum atomic E-state index is -3.51. The van der Waals surface area contributed by atoms with E-state index in [4.69, 9.17) is 13.3 Å². The molecule has 0 aromatic carbocycles. The smallest absolute Gasteiger partial charge is 0.373 e. The first-order valence-corrected chi connectivity index (χ1v) is 9.73. The van der Waals surface area contributed by atoms with E-state index in [1.807, 2.05) is 0 Å². The fourth-order valence-electron chi connectivity index (χ4n) is 1.37. The Bertz CT molecular complexity index is 311. The highest BCUT2D eigenvalue weighted by molar-refractivity contribution is 8.31. The van der Waals surface area contributed by atoms with Gasteiger partial charge in [-0.15, -0.1) is 0 Å². The maximum atomic E-state index is 11.8. The minimum absolute atomic E-state index is 0.348. The summed E-state index contributed by atoms with van der Waals surface area (Å²) in [4.78, 5) is 0. The van der Waals surface area contributed by atoms with Crippen LogP contribution in [0.4, 0.5) is 0 Å². The van der Waals surface area contributed by atoms with Gasteiger partial charge < -0.3 is 17.8 Å². The van der Waals surface area contributed by atoms with Crippen molar-refractivity contribution in [1.82, 2.24) is 0 Å². The normalized spacial score (nSPS) is 16.8. The van der Waals surface area contributed by atoms with Crippen LogP contribution in [0.3, 0.4) is 0 Å². The summed E-state index contributed by atoms with van der Waals surface area (Å²) in [5.74, 6) is 0. The molecule has 0 bridgehead atoms. The van der Waals surface area contributed by atoms with Crippen LogP contribution >= 0.6 is 0 Å². The Hall–Kier alpha value is 0.427. The number of hydrogen-bond acceptors (Lipinski definition) is 5. The average molecular weight is 302 g/mol. The zero-order valence-corrected chi connectivity index (χ0v) is 13.7. The van der Waals surface area contributed by atoms with Crippen molar-refractivity contribution in [3.05, 3.63) is 0 Å². The lowest BCUT2D eigenvalue weighted by atomic mass is 10.5. The van der Waals surface area contributed by atoms with Crippen LogP contribution in [0, 0.1) is 0 Å². The molecular formula is C9H22O5S2Si. The molecule has 1 atom stereocenters. The molecular weight excluding hydrogens is 280 g/mol. The van der Waals surface area contributed by atoms with Gasteiger partial charge in [0.2, 0.25) is 0 Å². The Labute approximate surface area is 110 Å². The van der Waals surface area contributed by atoms with Gasteiger partial charge in [-0.25, -0.2) is 4.21 Å². The van der Waals surface area contributed by atoms with Gasteiger partial charge in [0.05, 0.1) is 0 Å². The molecule has 0 aliphatic rings. The van der Waals surface area contributed by atoms with Gasteiger partial charge in [0.25, 0.3) is 0 Å². The van der Waals surface area contributed by atoms with Crippen molar-refractivity contribution >= 4 is 28.8 Å². The largest absolute Gasteiger partial charge is 0.522 e. The molecule has 0 aliphatic carbocycles. The average Bonchev–Trinajstić information content (AvgIpc) is 2.16. The van der Waals surface area contributed by atoms with Gasteiger partial charge in [-0.2, -0.15) is 0 Å². The Morgan fingerprint density at radius 2 is 1.41 bits per heavy atom. The van der Waals surface area contributed by atoms with Gasteiger partial charge in [0, 0.05) is 31.0 Å². The van der Waals surface area contributed by atoms with Crippen molar-refractivity contribution in [2.45, 2.75) is 39.0 Å². The summed E-state index contributed by atoms with van der Waals surface area (Å²) < 4.78 is 37.1. The van der Waals surface area contributed by atoms with Crippen LogP contribution in [0.25, 0.3) is 0 Å². The molecule has 0 spiro atoms. The van der Waals surface area contributed by atoms with Crippen LogP contribution in [-0.4, -0.2) is 41.8 Å². The molecule has 17 heavy (non-hydrogen) atoms. The molecule has 1 unspecified atom stereocenters. The maximum absolute atomic E-state index is 11.8. The lowest BCUT2D eigenvalue weighted by Gasteiger charge is -2.39. The van der Waals surface area contributed by atoms with Crippen molar-refractivity contribution in [3.63, 3.8) is 0 Å². The highest BCUT2D eigenvalue weighted by Gasteiger charge is 2.61. The van der Waals surface area contributed by atoms with E-state index >= 15 is 0 Å². The second-order valence-electron chi connectivity index (χ2n) is 3.84. The summed E-state index contributed by atoms with van der Waals surface area (Å²) in [6.07, 6.45) is 0. The van der Waals surface area contributed by atoms with Crippen molar-refractivity contribution in [2.24, 2.45) is 0 Å². The quantitative estimate of drug-likeness (QED) is 0.687. The van der Waals surface area contributed by atoms with E-state index in [-0.39, 0.29) is 0 Å². The third-order valence-corrected chi connectivity index (χ3v) is 10.4. The SMILES string of the molecule is CCO[Si](OCC)(OCC)C(C)(C)S(=O)(O)=S. The monoisotopic (exact) mass is 302 g/mol. The predicted molar refractivity (Wildman–Crippen MR) is 72.8 cm³/mol. The van der Waals surface area contributed by atoms with Crippen molar-refractivity contribution < 1.29 is 22.0 Å². The van der Waals surface area contributed by atoms with Gasteiger partial charge >= 0.3 is 8.80 Å². The van der Waals surface area contributed by atoms with Gasteiger partial charge in [-0.05, 0) is 34.6 Å². The molecule has 0 saturated carbocycles. The predicted octanol–water partition coefficient (Wildman–Crippen LogP) is 1.57. The van der Waals surface area contributed by atoms with E-state index in [0.717, 1.165) is 0 Å². The van der Waals surface area contributed by atoms with Crippen molar-refractivity contribution in [3.8, 4) is 0 Å². The third-order valence-electron chi connectivity index (χ3n) is 2.39. The number of rotatable bonds is 8. The first-order valence-electron chi connectivity index (χ1n) is 5.57. The molecule has 0 amide bonds. The molecule has 0 aromatic heterocycles. The standard InChI is InChI=1S/C9H22O5S2Si/c1-6-12-17(13-7-2,14-8-3)9(4,5)16(10,11)15/h6-8H2,1-5H3,(H,10,11,15). The first-order chi connectivity index (χ1) is 7.68. The van der Waals surface area contributed by atoms with Crippen LogP contribution in [-0.2, 0) is 33.2 Å². The van der Waals surface area contributed by atoms with Gasteiger partial charge in [-0.1, -0.05) is 0 Å². The topological polar surface area (TPSA) is 65.0 Å². The molecule has 0 radical (unpaired) electrons. The second kappa shape index (κ2) is 6.55. The van der Waals surface area contributed by atoms with E-state index in [9.17, 15) is 8.76 Å². The third kappa shape index (κ3) is 3.69. The second-order valence-corrected chi connectivity index (χ2v) is 10.8. The summed E-state index contributed by atoms with van der Waals surface area (Å²) in [7, 11) is -6.79. The molecule has 1 N–H and O–H groups in total. The van der Waals surface area contributed by atoms with Crippen LogP contribution in [0.2, 0.25) is 0 Å². The van der Waals surface area contributed by atoms with E-state index in [1.54, 1.807) is 34.6 Å². The molecule has 0 fully saturated rings. The van der Waals surface area contributed by atoms with Gasteiger partial charge in [0.1, 0.15) is 4.37 Å². The zero-order valence-electron chi connectivity index (χ0n) is 11.0. The Balaban J connectivity index is 5.54. The summed E-state index contributed by atoms with van der Waals surface area (Å²) >= 11 is 4.69. The van der Waals surface area contributed by atoms with E-state index < -0.39 is 21.9 Å². The van der Waals surface area contributed by atoms with Gasteiger partial charge in [0.15, 0.2) is 8.77 Å². The molecule has 5 nitrogen and oxygen atoms in total. The molecule has 104 valence electrons. The zero-order chi connectivity index (χ0) is 13.7. The fraction of sp³-hybridized carbons (Fsp3) is 1.00. The summed E-state index contributed by atoms with van der Waals surface area (Å²) in [6.45, 7) is 9.54. The van der Waals surface area contributed by atoms with E-state index in [1.165, 1.54) is 0 Å². The molecule has 8 heteroatoms. The lowest BCUT2D eigenvalue weighted by molar-refractivity contribution is 0.0600. The van der Waals surface area contributed by atoms with E-state index in [2.05, 4.69) is 11.2 Å². The maximum Gasteiger partial charge on any atom is 0.522 e. The Morgan fingerprint density at radius 3 is 1.59 bits per heavy atom. The summed E-state index contributed by atoms with van der Waals surface area (Å²) in [5, 5.41) is 0. The van der Waals surface area contributed by atoms with Crippen LogP contribution < -0.4 is 0 Å². The van der Waals surface area contributed by atoms with Crippen LogP contribution in [0.15, 0.2) is 0 Å². The molecule has 0 rings (SSSR count). The number of hydrogen-bond donors (Lipinski definition) is 1.